The number of aromatic nitrogens is 3. The fourth-order valence-corrected chi connectivity index (χ4v) is 5.50. The molecule has 4 N–H and O–H groups in total. The van der Waals surface area contributed by atoms with E-state index in [9.17, 15) is 36.6 Å². The second-order valence-electron chi connectivity index (χ2n) is 11.2. The maximum atomic E-state index is 14.8. The Morgan fingerprint density at radius 2 is 1.98 bits per heavy atom. The summed E-state index contributed by atoms with van der Waals surface area (Å²) < 4.78 is 85.2. The first-order chi connectivity index (χ1) is 21.7. The number of rotatable bonds is 9. The Balaban J connectivity index is 1.42. The van der Waals surface area contributed by atoms with Gasteiger partial charge in [0.15, 0.2) is 0 Å². The van der Waals surface area contributed by atoms with Crippen LogP contribution in [0.25, 0.3) is 22.2 Å². The van der Waals surface area contributed by atoms with Gasteiger partial charge in [-0.3, -0.25) is 14.3 Å². The Labute approximate surface area is 262 Å². The number of halogens is 6. The molecule has 1 saturated carbocycles. The number of carbonyl (C=O) groups excluding carboxylic acids is 2. The van der Waals surface area contributed by atoms with Crippen LogP contribution in [0.1, 0.15) is 40.5 Å². The zero-order chi connectivity index (χ0) is 33.2. The highest BCUT2D eigenvalue weighted by molar-refractivity contribution is 6.31. The lowest BCUT2D eigenvalue weighted by Crippen LogP contribution is -2.52. The second-order valence-corrected chi connectivity index (χ2v) is 11.6. The van der Waals surface area contributed by atoms with Gasteiger partial charge < -0.3 is 25.6 Å². The van der Waals surface area contributed by atoms with Crippen LogP contribution in [0, 0.1) is 5.82 Å². The smallest absolute Gasteiger partial charge is 0.424 e. The van der Waals surface area contributed by atoms with Crippen molar-refractivity contribution >= 4 is 34.3 Å². The number of carbonyl (C=O) groups is 2. The van der Waals surface area contributed by atoms with Crippen LogP contribution < -0.4 is 20.5 Å². The van der Waals surface area contributed by atoms with Crippen LogP contribution >= 0.6 is 11.6 Å². The molecule has 2 amide bonds. The molecule has 0 spiro atoms. The van der Waals surface area contributed by atoms with Crippen molar-refractivity contribution in [3.63, 3.8) is 0 Å². The molecule has 1 aliphatic carbocycles. The van der Waals surface area contributed by atoms with Crippen molar-refractivity contribution in [2.75, 3.05) is 26.9 Å². The number of hydrogen-bond acceptors (Lipinski definition) is 7. The minimum absolute atomic E-state index is 0.0654. The fraction of sp³-hybridized carbons (Fsp3) is 0.333. The van der Waals surface area contributed by atoms with E-state index in [-0.39, 0.29) is 28.7 Å². The molecule has 2 aliphatic rings. The molecule has 10 nitrogen and oxygen atoms in total. The van der Waals surface area contributed by atoms with E-state index in [1.165, 1.54) is 19.2 Å². The molecule has 2 aromatic carbocycles. The van der Waals surface area contributed by atoms with Gasteiger partial charge >= 0.3 is 6.18 Å². The summed E-state index contributed by atoms with van der Waals surface area (Å²) in [5, 5.41) is 17.9. The summed E-state index contributed by atoms with van der Waals surface area (Å²) in [4.78, 5) is 29.7. The molecule has 0 saturated heterocycles. The van der Waals surface area contributed by atoms with Gasteiger partial charge in [0, 0.05) is 28.3 Å². The van der Waals surface area contributed by atoms with Gasteiger partial charge in [-0.25, -0.2) is 13.8 Å². The highest BCUT2D eigenvalue weighted by Gasteiger charge is 2.58. The van der Waals surface area contributed by atoms with Gasteiger partial charge in [-0.2, -0.15) is 18.3 Å². The first-order valence-electron chi connectivity index (χ1n) is 13.9. The molecule has 6 rings (SSSR count). The predicted molar refractivity (Wildman–Crippen MR) is 154 cm³/mol. The van der Waals surface area contributed by atoms with Gasteiger partial charge in [-0.05, 0) is 49.2 Å². The van der Waals surface area contributed by atoms with Gasteiger partial charge in [-0.15, -0.1) is 0 Å². The zero-order valence-electron chi connectivity index (χ0n) is 23.9. The Bertz CT molecular complexity index is 1900. The molecular weight excluding hydrogens is 641 g/mol. The van der Waals surface area contributed by atoms with E-state index in [4.69, 9.17) is 26.8 Å². The van der Waals surface area contributed by atoms with Crippen molar-refractivity contribution in [3.8, 4) is 22.8 Å². The molecule has 242 valence electrons. The van der Waals surface area contributed by atoms with E-state index >= 15 is 0 Å². The number of nitrogens with two attached hydrogens (primary N) is 1. The average molecular weight is 666 g/mol. The molecule has 46 heavy (non-hydrogen) atoms. The zero-order valence-corrected chi connectivity index (χ0v) is 24.7. The molecule has 1 aliphatic heterocycles. The van der Waals surface area contributed by atoms with Crippen LogP contribution in [-0.2, 0) is 15.8 Å². The monoisotopic (exact) mass is 665 g/mol. The van der Waals surface area contributed by atoms with Crippen molar-refractivity contribution < 1.29 is 46.1 Å². The summed E-state index contributed by atoms with van der Waals surface area (Å²) in [6, 6.07) is 6.69. The third-order valence-electron chi connectivity index (χ3n) is 8.24. The number of ether oxygens (including phenoxy) is 2. The largest absolute Gasteiger partial charge is 0.494 e. The minimum atomic E-state index is -5.48. The van der Waals surface area contributed by atoms with Gasteiger partial charge in [0.2, 0.25) is 11.5 Å². The number of primary amides is 1. The lowest BCUT2D eigenvalue weighted by Gasteiger charge is -2.31. The van der Waals surface area contributed by atoms with Gasteiger partial charge in [-0.1, -0.05) is 11.6 Å². The van der Waals surface area contributed by atoms with Crippen molar-refractivity contribution in [2.45, 2.75) is 36.1 Å². The van der Waals surface area contributed by atoms with Crippen LogP contribution in [-0.4, -0.2) is 64.8 Å². The predicted octanol–water partition coefficient (Wildman–Crippen LogP) is 4.50. The van der Waals surface area contributed by atoms with Crippen LogP contribution in [0.15, 0.2) is 42.6 Å². The third kappa shape index (κ3) is 5.07. The molecule has 16 heteroatoms. The number of hydrogen-bond donors (Lipinski definition) is 3. The molecule has 1 unspecified atom stereocenters. The van der Waals surface area contributed by atoms with Crippen molar-refractivity contribution in [2.24, 2.45) is 5.73 Å². The highest BCUT2D eigenvalue weighted by Crippen LogP contribution is 2.48. The van der Waals surface area contributed by atoms with Crippen molar-refractivity contribution in [3.05, 3.63) is 70.3 Å². The third-order valence-corrected chi connectivity index (χ3v) is 8.53. The van der Waals surface area contributed by atoms with Crippen LogP contribution in [0.5, 0.6) is 11.5 Å². The maximum Gasteiger partial charge on any atom is 0.424 e. The Morgan fingerprint density at radius 1 is 1.24 bits per heavy atom. The number of aliphatic hydroxyl groups is 1. The van der Waals surface area contributed by atoms with Gasteiger partial charge in [0.1, 0.15) is 47.2 Å². The molecule has 1 fully saturated rings. The summed E-state index contributed by atoms with van der Waals surface area (Å²) in [5.74, 6) is -3.17. The van der Waals surface area contributed by atoms with Gasteiger partial charge in [0.05, 0.1) is 30.4 Å². The number of nitrogens with zero attached hydrogens (tertiary/aromatic N) is 3. The van der Waals surface area contributed by atoms with E-state index < -0.39 is 76.6 Å². The first kappa shape index (κ1) is 31.5. The number of fused-ring (bicyclic) bond motifs is 2. The summed E-state index contributed by atoms with van der Waals surface area (Å²) in [5.41, 5.74) is -2.25. The number of pyridine rings is 1. The number of nitrogens with one attached hydrogen (secondary N) is 1. The van der Waals surface area contributed by atoms with E-state index in [2.05, 4.69) is 15.4 Å². The minimum Gasteiger partial charge on any atom is -0.494 e. The fourth-order valence-electron chi connectivity index (χ4n) is 5.32. The van der Waals surface area contributed by atoms with E-state index in [0.717, 1.165) is 31.0 Å². The normalized spacial score (nSPS) is 19.0. The van der Waals surface area contributed by atoms with Crippen molar-refractivity contribution in [1.82, 2.24) is 20.1 Å². The number of benzene rings is 2. The van der Waals surface area contributed by atoms with E-state index in [1.54, 1.807) is 10.9 Å². The first-order valence-corrected chi connectivity index (χ1v) is 14.2. The molecule has 4 aromatic rings. The molecule has 2 atom stereocenters. The summed E-state index contributed by atoms with van der Waals surface area (Å²) in [6.07, 6.45) is -1.90. The summed E-state index contributed by atoms with van der Waals surface area (Å²) in [6.45, 7) is -3.58. The Morgan fingerprint density at radius 3 is 2.59 bits per heavy atom. The van der Waals surface area contributed by atoms with E-state index in [1.807, 2.05) is 0 Å². The number of alkyl halides is 4. The summed E-state index contributed by atoms with van der Waals surface area (Å²) >= 11 is 5.90. The lowest BCUT2D eigenvalue weighted by atomic mass is 9.81. The van der Waals surface area contributed by atoms with Crippen LogP contribution in [0.2, 0.25) is 5.02 Å². The second kappa shape index (κ2) is 11.1. The Kier molecular flexibility index (Phi) is 7.59. The SMILES string of the molecule is COc1cc(C(=O)NCC(O)(c2cc3c(c(-c4ccc(F)c(Cl)c4)n2)OC[C@]3(CF)C(N)=O)C(F)(F)F)cc2cn(C3CC3)nc12. The van der Waals surface area contributed by atoms with Crippen molar-refractivity contribution in [1.29, 1.82) is 0 Å². The quantitative estimate of drug-likeness (QED) is 0.224. The van der Waals surface area contributed by atoms with Gasteiger partial charge in [0.25, 0.3) is 5.91 Å². The number of amides is 2. The maximum absolute atomic E-state index is 14.8. The van der Waals surface area contributed by atoms with E-state index in [0.29, 0.717) is 17.0 Å². The number of methoxy groups -OCH3 is 1. The van der Waals surface area contributed by atoms with Crippen LogP contribution in [0.3, 0.4) is 0 Å². The molecular formula is C30H25ClF5N5O5. The summed E-state index contributed by atoms with van der Waals surface area (Å²) in [7, 11) is 1.35. The van der Waals surface area contributed by atoms with Crippen LogP contribution in [0.4, 0.5) is 22.0 Å². The molecule has 2 aromatic heterocycles. The molecule has 0 radical (unpaired) electrons. The molecule has 3 heterocycles. The highest BCUT2D eigenvalue weighted by atomic mass is 35.5. The topological polar surface area (TPSA) is 142 Å². The average Bonchev–Trinajstić information content (AvgIpc) is 3.66. The molecule has 0 bridgehead atoms. The Hall–Kier alpha value is -4.50. The lowest BCUT2D eigenvalue weighted by molar-refractivity contribution is -0.265. The standard InChI is InChI=1S/C30H25ClF5N5O5/c1-45-21-8-15(6-16-10-41(17-3-4-17)40-23(16)21)26(42)38-12-29(44,30(34,35)36)22-9-18-25(46-13-28(18,11-32)27(37)43)24(39-22)14-2-5-20(33)19(31)7-14/h2,5-10,17,44H,3-4,11-13H2,1H3,(H2,37,43)(H,38,42)/t28-,29?/m0/s1.